The molecule has 0 unspecified atom stereocenters. The normalized spacial score (nSPS) is 11.5. The summed E-state index contributed by atoms with van der Waals surface area (Å²) in [6, 6.07) is 20.8. The fourth-order valence-electron chi connectivity index (χ4n) is 3.49. The molecule has 0 radical (unpaired) electrons. The van der Waals surface area contributed by atoms with Crippen LogP contribution in [0.4, 0.5) is 6.01 Å². The molecule has 3 aromatic carbocycles. The van der Waals surface area contributed by atoms with Crippen LogP contribution in [0.15, 0.2) is 82.1 Å². The van der Waals surface area contributed by atoms with E-state index in [4.69, 9.17) is 4.42 Å². The van der Waals surface area contributed by atoms with E-state index in [0.29, 0.717) is 5.89 Å². The Bertz CT molecular complexity index is 1420. The Morgan fingerprint density at radius 1 is 0.971 bits per heavy atom. The Morgan fingerprint density at radius 2 is 1.68 bits per heavy atom. The number of aromatic nitrogens is 2. The molecule has 1 aromatic heterocycles. The summed E-state index contributed by atoms with van der Waals surface area (Å²) < 4.78 is 32.6. The van der Waals surface area contributed by atoms with Crippen molar-refractivity contribution in [2.45, 2.75) is 25.3 Å². The molecule has 1 heterocycles. The van der Waals surface area contributed by atoms with Crippen molar-refractivity contribution in [1.82, 2.24) is 14.5 Å². The second kappa shape index (κ2) is 9.58. The molecular weight excluding hydrogens is 452 g/mol. The van der Waals surface area contributed by atoms with Gasteiger partial charge in [-0.25, -0.2) is 8.42 Å². The van der Waals surface area contributed by atoms with E-state index in [-0.39, 0.29) is 23.0 Å². The Labute approximate surface area is 198 Å². The summed E-state index contributed by atoms with van der Waals surface area (Å²) in [5, 5.41) is 10.5. The van der Waals surface area contributed by atoms with E-state index < -0.39 is 15.9 Å². The van der Waals surface area contributed by atoms with Crippen molar-refractivity contribution in [3.63, 3.8) is 0 Å². The fraction of sp³-hybridized carbons (Fsp3) is 0.160. The molecular formula is C25H24N4O4S. The molecule has 4 aromatic rings. The summed E-state index contributed by atoms with van der Waals surface area (Å²) in [6.45, 7) is 4.18. The first-order chi connectivity index (χ1) is 16.2. The maximum Gasteiger partial charge on any atom is 0.322 e. The van der Waals surface area contributed by atoms with Crippen molar-refractivity contribution in [3.05, 3.63) is 95.1 Å². The molecule has 9 heteroatoms. The highest BCUT2D eigenvalue weighted by Crippen LogP contribution is 2.25. The lowest BCUT2D eigenvalue weighted by Gasteiger charge is -2.17. The predicted molar refractivity (Wildman–Crippen MR) is 129 cm³/mol. The van der Waals surface area contributed by atoms with Crippen molar-refractivity contribution < 1.29 is 17.6 Å². The highest BCUT2D eigenvalue weighted by atomic mass is 32.2. The number of rotatable bonds is 7. The first-order valence-electron chi connectivity index (χ1n) is 10.6. The van der Waals surface area contributed by atoms with Gasteiger partial charge in [0.25, 0.3) is 5.91 Å². The van der Waals surface area contributed by atoms with Crippen LogP contribution in [0.2, 0.25) is 0 Å². The third-order valence-corrected chi connectivity index (χ3v) is 7.15. The van der Waals surface area contributed by atoms with Crippen LogP contribution in [0.1, 0.15) is 27.0 Å². The zero-order chi connectivity index (χ0) is 24.3. The van der Waals surface area contributed by atoms with Gasteiger partial charge in [-0.05, 0) is 55.3 Å². The molecule has 0 saturated heterocycles. The molecule has 0 atom stereocenters. The quantitative estimate of drug-likeness (QED) is 0.423. The zero-order valence-electron chi connectivity index (χ0n) is 19.0. The molecule has 0 saturated carbocycles. The van der Waals surface area contributed by atoms with Gasteiger partial charge in [0.15, 0.2) is 0 Å². The zero-order valence-corrected chi connectivity index (χ0v) is 19.8. The van der Waals surface area contributed by atoms with Gasteiger partial charge in [0, 0.05) is 24.7 Å². The monoisotopic (exact) mass is 476 g/mol. The van der Waals surface area contributed by atoms with Crippen molar-refractivity contribution in [3.8, 4) is 11.5 Å². The first kappa shape index (κ1) is 23.3. The Morgan fingerprint density at radius 3 is 2.35 bits per heavy atom. The summed E-state index contributed by atoms with van der Waals surface area (Å²) in [7, 11) is -2.19. The number of amides is 1. The molecule has 4 rings (SSSR count). The van der Waals surface area contributed by atoms with Gasteiger partial charge in [-0.1, -0.05) is 53.1 Å². The summed E-state index contributed by atoms with van der Waals surface area (Å²) in [6.07, 6.45) is 0. The third kappa shape index (κ3) is 5.05. The molecule has 34 heavy (non-hydrogen) atoms. The standard InChI is InChI=1S/C25H24N4O4S/c1-17-9-14-22(18(2)15-17)24-27-28-25(33-24)26-23(30)20-10-12-21(13-11-20)34(31,32)29(3)16-19-7-5-4-6-8-19/h4-15H,16H2,1-3H3,(H,26,28,30). The molecule has 0 aliphatic rings. The molecule has 0 bridgehead atoms. The van der Waals surface area contributed by atoms with Gasteiger partial charge in [0.2, 0.25) is 15.9 Å². The number of anilines is 1. The number of carbonyl (C=O) groups is 1. The van der Waals surface area contributed by atoms with Crippen LogP contribution in [0.5, 0.6) is 0 Å². The molecule has 0 fully saturated rings. The minimum Gasteiger partial charge on any atom is -0.403 e. The number of benzene rings is 3. The number of nitrogens with one attached hydrogen (secondary N) is 1. The lowest BCUT2D eigenvalue weighted by atomic mass is 10.1. The van der Waals surface area contributed by atoms with Gasteiger partial charge in [0.05, 0.1) is 4.90 Å². The van der Waals surface area contributed by atoms with Crippen molar-refractivity contribution in [1.29, 1.82) is 0 Å². The highest BCUT2D eigenvalue weighted by molar-refractivity contribution is 7.89. The van der Waals surface area contributed by atoms with Crippen molar-refractivity contribution >= 4 is 21.9 Å². The van der Waals surface area contributed by atoms with Crippen molar-refractivity contribution in [2.24, 2.45) is 0 Å². The SMILES string of the molecule is Cc1ccc(-c2nnc(NC(=O)c3ccc(S(=O)(=O)N(C)Cc4ccccc4)cc3)o2)c(C)c1. The minimum atomic E-state index is -3.71. The van der Waals surface area contributed by atoms with E-state index in [0.717, 1.165) is 22.3 Å². The second-order valence-corrected chi connectivity index (χ2v) is 10.0. The number of nitrogens with zero attached hydrogens (tertiary/aromatic N) is 3. The van der Waals surface area contributed by atoms with E-state index in [9.17, 15) is 13.2 Å². The van der Waals surface area contributed by atoms with Gasteiger partial charge >= 0.3 is 6.01 Å². The van der Waals surface area contributed by atoms with Gasteiger partial charge in [0.1, 0.15) is 0 Å². The third-order valence-electron chi connectivity index (χ3n) is 5.33. The van der Waals surface area contributed by atoms with Crippen LogP contribution in [-0.4, -0.2) is 35.9 Å². The molecule has 0 aliphatic heterocycles. The van der Waals surface area contributed by atoms with Gasteiger partial charge < -0.3 is 4.42 Å². The first-order valence-corrected chi connectivity index (χ1v) is 12.0. The van der Waals surface area contributed by atoms with Crippen LogP contribution < -0.4 is 5.32 Å². The van der Waals surface area contributed by atoms with E-state index in [1.807, 2.05) is 62.4 Å². The van der Waals surface area contributed by atoms with Crippen LogP contribution in [0, 0.1) is 13.8 Å². The summed E-state index contributed by atoms with van der Waals surface area (Å²) in [4.78, 5) is 12.7. The Kier molecular flexibility index (Phi) is 6.58. The van der Waals surface area contributed by atoms with Gasteiger partial charge in [-0.15, -0.1) is 5.10 Å². The van der Waals surface area contributed by atoms with Crippen LogP contribution in [0.25, 0.3) is 11.5 Å². The molecule has 0 aliphatic carbocycles. The lowest BCUT2D eigenvalue weighted by molar-refractivity contribution is 0.102. The Balaban J connectivity index is 1.45. The molecule has 174 valence electrons. The average molecular weight is 477 g/mol. The number of aryl methyl sites for hydroxylation is 2. The molecule has 0 spiro atoms. The van der Waals surface area contributed by atoms with E-state index in [2.05, 4.69) is 15.5 Å². The molecule has 1 amide bonds. The van der Waals surface area contributed by atoms with Gasteiger partial charge in [-0.3, -0.25) is 10.1 Å². The summed E-state index contributed by atoms with van der Waals surface area (Å²) in [5.41, 5.74) is 4.02. The number of hydrogen-bond acceptors (Lipinski definition) is 6. The Hall–Kier alpha value is -3.82. The molecule has 1 N–H and O–H groups in total. The number of sulfonamides is 1. The lowest BCUT2D eigenvalue weighted by Crippen LogP contribution is -2.26. The van der Waals surface area contributed by atoms with Crippen LogP contribution >= 0.6 is 0 Å². The van der Waals surface area contributed by atoms with E-state index in [1.165, 1.54) is 35.6 Å². The predicted octanol–water partition coefficient (Wildman–Crippen LogP) is 4.43. The summed E-state index contributed by atoms with van der Waals surface area (Å²) in [5.74, 6) is -0.187. The second-order valence-electron chi connectivity index (χ2n) is 7.96. The highest BCUT2D eigenvalue weighted by Gasteiger charge is 2.22. The number of hydrogen-bond donors (Lipinski definition) is 1. The van der Waals surface area contributed by atoms with Crippen molar-refractivity contribution in [2.75, 3.05) is 12.4 Å². The van der Waals surface area contributed by atoms with Crippen LogP contribution in [0.3, 0.4) is 0 Å². The fourth-order valence-corrected chi connectivity index (χ4v) is 4.65. The maximum atomic E-state index is 12.9. The largest absolute Gasteiger partial charge is 0.403 e. The van der Waals surface area contributed by atoms with Crippen LogP contribution in [-0.2, 0) is 16.6 Å². The van der Waals surface area contributed by atoms with E-state index >= 15 is 0 Å². The number of carbonyl (C=O) groups excluding carboxylic acids is 1. The topological polar surface area (TPSA) is 105 Å². The average Bonchev–Trinajstić information content (AvgIpc) is 3.27. The molecule has 8 nitrogen and oxygen atoms in total. The smallest absolute Gasteiger partial charge is 0.322 e. The maximum absolute atomic E-state index is 12.9. The van der Waals surface area contributed by atoms with Gasteiger partial charge in [-0.2, -0.15) is 4.31 Å². The minimum absolute atomic E-state index is 0.0423. The van der Waals surface area contributed by atoms with E-state index in [1.54, 1.807) is 0 Å². The summed E-state index contributed by atoms with van der Waals surface area (Å²) >= 11 is 0.